The number of carbonyl (C=O) groups is 2. The summed E-state index contributed by atoms with van der Waals surface area (Å²) in [4.78, 5) is 22.6. The molecule has 5 nitrogen and oxygen atoms in total. The van der Waals surface area contributed by atoms with Gasteiger partial charge in [-0.3, -0.25) is 4.79 Å². The maximum atomic E-state index is 11.5. The second-order valence-electron chi connectivity index (χ2n) is 5.43. The van der Waals surface area contributed by atoms with Crippen LogP contribution in [-0.2, 0) is 14.3 Å². The van der Waals surface area contributed by atoms with E-state index < -0.39 is 17.5 Å². The Morgan fingerprint density at radius 1 is 1.28 bits per heavy atom. The van der Waals surface area contributed by atoms with Crippen molar-refractivity contribution in [1.82, 2.24) is 5.32 Å². The van der Waals surface area contributed by atoms with Gasteiger partial charge < -0.3 is 15.2 Å². The van der Waals surface area contributed by atoms with E-state index >= 15 is 0 Å². The van der Waals surface area contributed by atoms with Crippen molar-refractivity contribution in [3.8, 4) is 0 Å². The topological polar surface area (TPSA) is 75.6 Å². The summed E-state index contributed by atoms with van der Waals surface area (Å²) >= 11 is 0. The molecule has 0 aromatic heterocycles. The summed E-state index contributed by atoms with van der Waals surface area (Å²) in [5.41, 5.74) is 0.507. The molecule has 0 atom stereocenters. The molecule has 1 rings (SSSR count). The first-order valence-corrected chi connectivity index (χ1v) is 6.20. The lowest BCUT2D eigenvalue weighted by molar-refractivity contribution is -0.153. The third-order valence-electron chi connectivity index (χ3n) is 2.60. The number of allylic oxidation sites excluding steroid dienone is 1. The SMILES string of the molecule is CC(C)(C)OC(=O)CNC(C(=O)O)=C1CCCC1. The van der Waals surface area contributed by atoms with E-state index in [1.165, 1.54) is 0 Å². The van der Waals surface area contributed by atoms with Gasteiger partial charge in [0.1, 0.15) is 17.8 Å². The van der Waals surface area contributed by atoms with E-state index in [0.717, 1.165) is 31.3 Å². The molecule has 1 saturated carbocycles. The standard InChI is InChI=1S/C13H21NO4/c1-13(2,3)18-10(15)8-14-11(12(16)17)9-6-4-5-7-9/h14H,4-8H2,1-3H3,(H,16,17). The fraction of sp³-hybridized carbons (Fsp3) is 0.692. The van der Waals surface area contributed by atoms with E-state index in [2.05, 4.69) is 5.32 Å². The number of aliphatic carboxylic acids is 1. The normalized spacial score (nSPS) is 15.4. The predicted octanol–water partition coefficient (Wildman–Crippen LogP) is 1.83. The van der Waals surface area contributed by atoms with Crippen LogP contribution in [-0.4, -0.2) is 29.2 Å². The van der Waals surface area contributed by atoms with Crippen molar-refractivity contribution in [3.05, 3.63) is 11.3 Å². The Labute approximate surface area is 107 Å². The average Bonchev–Trinajstić information content (AvgIpc) is 2.67. The highest BCUT2D eigenvalue weighted by molar-refractivity contribution is 5.88. The zero-order valence-electron chi connectivity index (χ0n) is 11.2. The molecule has 0 unspecified atom stereocenters. The molecule has 0 aromatic carbocycles. The first kappa shape index (κ1) is 14.5. The second kappa shape index (κ2) is 5.89. The summed E-state index contributed by atoms with van der Waals surface area (Å²) in [6, 6.07) is 0. The van der Waals surface area contributed by atoms with E-state index in [1.807, 2.05) is 0 Å². The van der Waals surface area contributed by atoms with Crippen molar-refractivity contribution < 1.29 is 19.4 Å². The van der Waals surface area contributed by atoms with Crippen LogP contribution in [0.4, 0.5) is 0 Å². The molecule has 102 valence electrons. The first-order chi connectivity index (χ1) is 8.29. The predicted molar refractivity (Wildman–Crippen MR) is 67.0 cm³/mol. The smallest absolute Gasteiger partial charge is 0.351 e. The van der Waals surface area contributed by atoms with Crippen molar-refractivity contribution in [2.24, 2.45) is 0 Å². The molecule has 0 bridgehead atoms. The first-order valence-electron chi connectivity index (χ1n) is 6.20. The molecule has 0 saturated heterocycles. The van der Waals surface area contributed by atoms with Gasteiger partial charge in [0.2, 0.25) is 0 Å². The summed E-state index contributed by atoms with van der Waals surface area (Å²) in [5.74, 6) is -1.45. The maximum Gasteiger partial charge on any atom is 0.351 e. The van der Waals surface area contributed by atoms with E-state index in [4.69, 9.17) is 9.84 Å². The highest BCUT2D eigenvalue weighted by atomic mass is 16.6. The van der Waals surface area contributed by atoms with Crippen LogP contribution in [0, 0.1) is 0 Å². The molecule has 0 radical (unpaired) electrons. The minimum atomic E-state index is -1.00. The highest BCUT2D eigenvalue weighted by Crippen LogP contribution is 2.26. The van der Waals surface area contributed by atoms with Crippen LogP contribution in [0.5, 0.6) is 0 Å². The fourth-order valence-electron chi connectivity index (χ4n) is 1.94. The van der Waals surface area contributed by atoms with Crippen molar-refractivity contribution in [1.29, 1.82) is 0 Å². The van der Waals surface area contributed by atoms with Gasteiger partial charge in [-0.15, -0.1) is 0 Å². The van der Waals surface area contributed by atoms with Crippen molar-refractivity contribution in [2.75, 3.05) is 6.54 Å². The molecule has 1 aliphatic carbocycles. The Morgan fingerprint density at radius 2 is 1.83 bits per heavy atom. The molecule has 0 aliphatic heterocycles. The summed E-state index contributed by atoms with van der Waals surface area (Å²) in [6.45, 7) is 5.22. The maximum absolute atomic E-state index is 11.5. The number of carboxylic acid groups (broad SMARTS) is 1. The molecule has 0 amide bonds. The third-order valence-corrected chi connectivity index (χ3v) is 2.60. The molecular formula is C13H21NO4. The molecule has 18 heavy (non-hydrogen) atoms. The van der Waals surface area contributed by atoms with Crippen LogP contribution in [0.3, 0.4) is 0 Å². The largest absolute Gasteiger partial charge is 0.477 e. The van der Waals surface area contributed by atoms with Crippen LogP contribution < -0.4 is 5.32 Å². The zero-order chi connectivity index (χ0) is 13.8. The van der Waals surface area contributed by atoms with E-state index in [9.17, 15) is 9.59 Å². The molecule has 0 spiro atoms. The average molecular weight is 255 g/mol. The lowest BCUT2D eigenvalue weighted by Crippen LogP contribution is -2.33. The van der Waals surface area contributed by atoms with Crippen LogP contribution in [0.2, 0.25) is 0 Å². The van der Waals surface area contributed by atoms with E-state index in [1.54, 1.807) is 20.8 Å². The molecule has 0 heterocycles. The number of esters is 1. The molecule has 1 aliphatic rings. The number of rotatable bonds is 4. The number of hydrogen-bond acceptors (Lipinski definition) is 4. The second-order valence-corrected chi connectivity index (χ2v) is 5.43. The van der Waals surface area contributed by atoms with Crippen LogP contribution >= 0.6 is 0 Å². The van der Waals surface area contributed by atoms with Gasteiger partial charge in [-0.05, 0) is 52.0 Å². The number of carboxylic acids is 1. The Morgan fingerprint density at radius 3 is 2.28 bits per heavy atom. The molecule has 1 fully saturated rings. The van der Waals surface area contributed by atoms with Crippen molar-refractivity contribution in [3.63, 3.8) is 0 Å². The highest BCUT2D eigenvalue weighted by Gasteiger charge is 2.20. The minimum absolute atomic E-state index is 0.109. The number of hydrogen-bond donors (Lipinski definition) is 2. The molecule has 2 N–H and O–H groups in total. The van der Waals surface area contributed by atoms with Gasteiger partial charge in [-0.25, -0.2) is 4.79 Å². The third kappa shape index (κ3) is 4.77. The van der Waals surface area contributed by atoms with Gasteiger partial charge in [0.15, 0.2) is 0 Å². The molecule has 0 aromatic rings. The minimum Gasteiger partial charge on any atom is -0.477 e. The quantitative estimate of drug-likeness (QED) is 0.592. The Balaban J connectivity index is 2.56. The number of carbonyl (C=O) groups excluding carboxylic acids is 1. The van der Waals surface area contributed by atoms with Crippen molar-refractivity contribution >= 4 is 11.9 Å². The molecular weight excluding hydrogens is 234 g/mol. The number of nitrogens with one attached hydrogen (secondary N) is 1. The van der Waals surface area contributed by atoms with E-state index in [0.29, 0.717) is 0 Å². The summed E-state index contributed by atoms with van der Waals surface area (Å²) in [7, 11) is 0. The van der Waals surface area contributed by atoms with Crippen LogP contribution in [0.15, 0.2) is 11.3 Å². The Hall–Kier alpha value is -1.52. The molecule has 5 heteroatoms. The van der Waals surface area contributed by atoms with Crippen LogP contribution in [0.1, 0.15) is 46.5 Å². The van der Waals surface area contributed by atoms with Gasteiger partial charge in [0.25, 0.3) is 0 Å². The van der Waals surface area contributed by atoms with Gasteiger partial charge in [-0.2, -0.15) is 0 Å². The summed E-state index contributed by atoms with van der Waals surface area (Å²) in [6.07, 6.45) is 3.62. The van der Waals surface area contributed by atoms with Gasteiger partial charge in [0, 0.05) is 0 Å². The van der Waals surface area contributed by atoms with Crippen LogP contribution in [0.25, 0.3) is 0 Å². The van der Waals surface area contributed by atoms with E-state index in [-0.39, 0.29) is 12.2 Å². The lowest BCUT2D eigenvalue weighted by Gasteiger charge is -2.20. The lowest BCUT2D eigenvalue weighted by atomic mass is 10.1. The monoisotopic (exact) mass is 255 g/mol. The fourth-order valence-corrected chi connectivity index (χ4v) is 1.94. The summed E-state index contributed by atoms with van der Waals surface area (Å²) in [5, 5.41) is 11.8. The number of ether oxygens (including phenoxy) is 1. The van der Waals surface area contributed by atoms with Gasteiger partial charge in [0.05, 0.1) is 0 Å². The summed E-state index contributed by atoms with van der Waals surface area (Å²) < 4.78 is 5.11. The zero-order valence-corrected chi connectivity index (χ0v) is 11.2. The van der Waals surface area contributed by atoms with Gasteiger partial charge >= 0.3 is 11.9 Å². The van der Waals surface area contributed by atoms with Crippen molar-refractivity contribution in [2.45, 2.75) is 52.1 Å². The van der Waals surface area contributed by atoms with Gasteiger partial charge in [-0.1, -0.05) is 0 Å². The Bertz CT molecular complexity index is 358. The Kier molecular flexibility index (Phi) is 4.76.